The molecule has 0 unspecified atom stereocenters. The van der Waals surface area contributed by atoms with Gasteiger partial charge in [-0.1, -0.05) is 6.07 Å². The van der Waals surface area contributed by atoms with Crippen molar-refractivity contribution >= 4 is 11.7 Å². The van der Waals surface area contributed by atoms with Crippen LogP contribution in [-0.2, 0) is 6.42 Å². The van der Waals surface area contributed by atoms with Gasteiger partial charge in [-0.15, -0.1) is 0 Å². The lowest BCUT2D eigenvalue weighted by atomic mass is 10.1. The smallest absolute Gasteiger partial charge is 0.134 e. The zero-order valence-corrected chi connectivity index (χ0v) is 7.04. The third-order valence-electron chi connectivity index (χ3n) is 2.06. The molecule has 12 heavy (non-hydrogen) atoms. The quantitative estimate of drug-likeness (QED) is 0.625. The fourth-order valence-electron chi connectivity index (χ4n) is 1.37. The second kappa shape index (κ2) is 2.93. The summed E-state index contributed by atoms with van der Waals surface area (Å²) < 4.78 is 0. The Morgan fingerprint density at radius 1 is 1.50 bits per heavy atom. The first-order chi connectivity index (χ1) is 5.90. The fraction of sp³-hybridized carbons (Fsp3) is 0.333. The number of rotatable bonds is 0. The SMILES string of the molecule is CN=C1CCc2cccnc2N1. The van der Waals surface area contributed by atoms with E-state index in [4.69, 9.17) is 0 Å². The maximum atomic E-state index is 4.23. The van der Waals surface area contributed by atoms with Crippen molar-refractivity contribution in [1.29, 1.82) is 0 Å². The van der Waals surface area contributed by atoms with Crippen LogP contribution in [-0.4, -0.2) is 17.9 Å². The number of hydrogen-bond donors (Lipinski definition) is 1. The summed E-state index contributed by atoms with van der Waals surface area (Å²) in [7, 11) is 1.80. The van der Waals surface area contributed by atoms with Crippen molar-refractivity contribution in [3.63, 3.8) is 0 Å². The summed E-state index contributed by atoms with van der Waals surface area (Å²) in [5.41, 5.74) is 1.28. The number of aromatic nitrogens is 1. The summed E-state index contributed by atoms with van der Waals surface area (Å²) in [5.74, 6) is 1.99. The highest BCUT2D eigenvalue weighted by Crippen LogP contribution is 2.18. The lowest BCUT2D eigenvalue weighted by molar-refractivity contribution is 0.985. The summed E-state index contributed by atoms with van der Waals surface area (Å²) in [6.07, 6.45) is 3.84. The van der Waals surface area contributed by atoms with Crippen molar-refractivity contribution < 1.29 is 0 Å². The maximum Gasteiger partial charge on any atom is 0.134 e. The molecule has 1 aliphatic heterocycles. The van der Waals surface area contributed by atoms with E-state index < -0.39 is 0 Å². The maximum absolute atomic E-state index is 4.23. The van der Waals surface area contributed by atoms with Crippen molar-refractivity contribution in [3.8, 4) is 0 Å². The molecule has 1 aromatic heterocycles. The van der Waals surface area contributed by atoms with Gasteiger partial charge in [0.15, 0.2) is 0 Å². The summed E-state index contributed by atoms with van der Waals surface area (Å²) in [6.45, 7) is 0. The zero-order chi connectivity index (χ0) is 8.39. The number of anilines is 1. The van der Waals surface area contributed by atoms with Crippen LogP contribution in [0.2, 0.25) is 0 Å². The first-order valence-electron chi connectivity index (χ1n) is 4.07. The number of hydrogen-bond acceptors (Lipinski definition) is 2. The van der Waals surface area contributed by atoms with Crippen LogP contribution in [0.4, 0.5) is 5.82 Å². The number of nitrogens with zero attached hydrogens (tertiary/aromatic N) is 2. The van der Waals surface area contributed by atoms with Gasteiger partial charge < -0.3 is 5.32 Å². The molecule has 0 atom stereocenters. The Bertz CT molecular complexity index is 317. The Morgan fingerprint density at radius 2 is 2.42 bits per heavy atom. The number of aryl methyl sites for hydroxylation is 1. The molecule has 2 rings (SSSR count). The van der Waals surface area contributed by atoms with E-state index in [0.29, 0.717) is 0 Å². The molecule has 3 nitrogen and oxygen atoms in total. The van der Waals surface area contributed by atoms with Crippen LogP contribution in [0.5, 0.6) is 0 Å². The van der Waals surface area contributed by atoms with E-state index in [-0.39, 0.29) is 0 Å². The largest absolute Gasteiger partial charge is 0.329 e. The average Bonchev–Trinajstić information content (AvgIpc) is 2.17. The highest BCUT2D eigenvalue weighted by molar-refractivity contribution is 5.97. The van der Waals surface area contributed by atoms with Gasteiger partial charge in [-0.05, 0) is 18.1 Å². The van der Waals surface area contributed by atoms with Crippen LogP contribution in [0, 0.1) is 0 Å². The van der Waals surface area contributed by atoms with Crippen molar-refractivity contribution in [2.45, 2.75) is 12.8 Å². The predicted molar refractivity (Wildman–Crippen MR) is 49.5 cm³/mol. The summed E-state index contributed by atoms with van der Waals surface area (Å²) in [4.78, 5) is 8.34. The molecule has 1 aliphatic rings. The molecule has 0 fully saturated rings. The van der Waals surface area contributed by atoms with Crippen molar-refractivity contribution in [3.05, 3.63) is 23.9 Å². The third-order valence-corrected chi connectivity index (χ3v) is 2.06. The van der Waals surface area contributed by atoms with E-state index in [2.05, 4.69) is 21.4 Å². The topological polar surface area (TPSA) is 37.3 Å². The number of fused-ring (bicyclic) bond motifs is 1. The monoisotopic (exact) mass is 161 g/mol. The van der Waals surface area contributed by atoms with Crippen molar-refractivity contribution in [1.82, 2.24) is 4.98 Å². The normalized spacial score (nSPS) is 18.6. The van der Waals surface area contributed by atoms with E-state index in [0.717, 1.165) is 24.5 Å². The standard InChI is InChI=1S/C9H11N3/c1-10-8-5-4-7-3-2-6-11-9(7)12-8/h2-3,6H,4-5H2,1H3,(H,10,11,12). The zero-order valence-electron chi connectivity index (χ0n) is 7.04. The third kappa shape index (κ3) is 1.18. The second-order valence-electron chi connectivity index (χ2n) is 2.81. The molecule has 2 heterocycles. The molecule has 0 spiro atoms. The number of aliphatic imine (C=N–C) groups is 1. The number of pyridine rings is 1. The van der Waals surface area contributed by atoms with Gasteiger partial charge in [-0.3, -0.25) is 4.99 Å². The Hall–Kier alpha value is -1.38. The van der Waals surface area contributed by atoms with Crippen LogP contribution in [0.1, 0.15) is 12.0 Å². The van der Waals surface area contributed by atoms with Gasteiger partial charge in [0.05, 0.1) is 0 Å². The van der Waals surface area contributed by atoms with Crippen LogP contribution in [0.15, 0.2) is 23.3 Å². The molecule has 3 heteroatoms. The molecule has 0 bridgehead atoms. The van der Waals surface area contributed by atoms with Gasteiger partial charge in [0.1, 0.15) is 11.7 Å². The van der Waals surface area contributed by atoms with Gasteiger partial charge in [-0.25, -0.2) is 4.98 Å². The van der Waals surface area contributed by atoms with E-state index >= 15 is 0 Å². The van der Waals surface area contributed by atoms with Gasteiger partial charge >= 0.3 is 0 Å². The van der Waals surface area contributed by atoms with Crippen molar-refractivity contribution in [2.24, 2.45) is 4.99 Å². The molecule has 0 saturated carbocycles. The Balaban J connectivity index is 2.35. The second-order valence-corrected chi connectivity index (χ2v) is 2.81. The molecule has 0 amide bonds. The molecule has 0 aliphatic carbocycles. The molecule has 0 radical (unpaired) electrons. The lowest BCUT2D eigenvalue weighted by Crippen LogP contribution is -2.20. The average molecular weight is 161 g/mol. The van der Waals surface area contributed by atoms with Crippen molar-refractivity contribution in [2.75, 3.05) is 12.4 Å². The summed E-state index contributed by atoms with van der Waals surface area (Å²) in [5, 5.41) is 3.19. The number of amidine groups is 1. The van der Waals surface area contributed by atoms with E-state index in [9.17, 15) is 0 Å². The Morgan fingerprint density at radius 3 is 3.25 bits per heavy atom. The Kier molecular flexibility index (Phi) is 1.78. The first-order valence-corrected chi connectivity index (χ1v) is 4.07. The van der Waals surface area contributed by atoms with E-state index in [1.54, 1.807) is 13.2 Å². The highest BCUT2D eigenvalue weighted by atomic mass is 15.1. The lowest BCUT2D eigenvalue weighted by Gasteiger charge is -2.17. The van der Waals surface area contributed by atoms with Gasteiger partial charge in [0, 0.05) is 19.7 Å². The van der Waals surface area contributed by atoms with E-state index in [1.165, 1.54) is 5.56 Å². The molecule has 1 N–H and O–H groups in total. The van der Waals surface area contributed by atoms with Crippen LogP contribution in [0.3, 0.4) is 0 Å². The molecule has 1 aromatic rings. The van der Waals surface area contributed by atoms with Crippen LogP contribution < -0.4 is 5.32 Å². The minimum Gasteiger partial charge on any atom is -0.329 e. The first kappa shape index (κ1) is 7.28. The highest BCUT2D eigenvalue weighted by Gasteiger charge is 2.12. The number of nitrogens with one attached hydrogen (secondary N) is 1. The Labute approximate surface area is 71.6 Å². The minimum absolute atomic E-state index is 0.962. The molecule has 0 aromatic carbocycles. The summed E-state index contributed by atoms with van der Waals surface area (Å²) >= 11 is 0. The fourth-order valence-corrected chi connectivity index (χ4v) is 1.37. The van der Waals surface area contributed by atoms with Crippen LogP contribution >= 0.6 is 0 Å². The van der Waals surface area contributed by atoms with Gasteiger partial charge in [-0.2, -0.15) is 0 Å². The minimum atomic E-state index is 0.962. The molecular weight excluding hydrogens is 150 g/mol. The molecule has 62 valence electrons. The summed E-state index contributed by atoms with van der Waals surface area (Å²) in [6, 6.07) is 4.07. The van der Waals surface area contributed by atoms with Gasteiger partial charge in [0.2, 0.25) is 0 Å². The predicted octanol–water partition coefficient (Wildman–Crippen LogP) is 1.47. The molecule has 0 saturated heterocycles. The van der Waals surface area contributed by atoms with Gasteiger partial charge in [0.25, 0.3) is 0 Å². The van der Waals surface area contributed by atoms with Crippen LogP contribution in [0.25, 0.3) is 0 Å². The van der Waals surface area contributed by atoms with E-state index in [1.807, 2.05) is 6.07 Å². The molecular formula is C9H11N3.